The number of morpholine rings is 1. The summed E-state index contributed by atoms with van der Waals surface area (Å²) in [6, 6.07) is 4.26. The summed E-state index contributed by atoms with van der Waals surface area (Å²) in [5, 5.41) is 2.86. The third kappa shape index (κ3) is 5.32. The summed E-state index contributed by atoms with van der Waals surface area (Å²) in [5.41, 5.74) is 0.226. The Labute approximate surface area is 182 Å². The Hall–Kier alpha value is -1.68. The minimum atomic E-state index is -3.86. The number of amides is 2. The molecule has 0 radical (unpaired) electrons. The molecule has 1 aromatic carbocycles. The number of likely N-dealkylation sites (tertiary alicyclic amines) is 1. The third-order valence-corrected chi connectivity index (χ3v) is 7.57. The lowest BCUT2D eigenvalue weighted by Crippen LogP contribution is -2.48. The number of carbonyl (C=O) groups is 2. The van der Waals surface area contributed by atoms with Crippen LogP contribution in [-0.4, -0.2) is 74.4 Å². The quantitative estimate of drug-likeness (QED) is 0.630. The van der Waals surface area contributed by atoms with Gasteiger partial charge in [0.1, 0.15) is 4.90 Å². The van der Waals surface area contributed by atoms with Crippen molar-refractivity contribution in [3.63, 3.8) is 0 Å². The van der Waals surface area contributed by atoms with Gasteiger partial charge in [-0.2, -0.15) is 4.31 Å². The summed E-state index contributed by atoms with van der Waals surface area (Å²) in [6.45, 7) is 5.87. The van der Waals surface area contributed by atoms with Crippen LogP contribution in [0.4, 0.5) is 0 Å². The van der Waals surface area contributed by atoms with Gasteiger partial charge in [0.25, 0.3) is 5.91 Å². The third-order valence-electron chi connectivity index (χ3n) is 5.26. The zero-order valence-corrected chi connectivity index (χ0v) is 18.8. The fourth-order valence-electron chi connectivity index (χ4n) is 3.82. The average Bonchev–Trinajstić information content (AvgIpc) is 3.09. The molecule has 2 atom stereocenters. The van der Waals surface area contributed by atoms with Crippen LogP contribution in [0.1, 0.15) is 43.5 Å². The molecule has 2 heterocycles. The molecule has 3 rings (SSSR count). The van der Waals surface area contributed by atoms with Gasteiger partial charge in [-0.1, -0.05) is 11.6 Å². The van der Waals surface area contributed by atoms with E-state index in [2.05, 4.69) is 5.32 Å². The summed E-state index contributed by atoms with van der Waals surface area (Å²) in [4.78, 5) is 25.8. The number of nitrogens with zero attached hydrogens (tertiary/aromatic N) is 2. The molecule has 2 saturated heterocycles. The van der Waals surface area contributed by atoms with Gasteiger partial charge in [0.2, 0.25) is 15.9 Å². The molecule has 166 valence electrons. The zero-order chi connectivity index (χ0) is 21.9. The molecule has 1 aromatic rings. The highest BCUT2D eigenvalue weighted by atomic mass is 35.5. The second-order valence-electron chi connectivity index (χ2n) is 7.82. The maximum Gasteiger partial charge on any atom is 0.251 e. The molecule has 8 nitrogen and oxygen atoms in total. The predicted molar refractivity (Wildman–Crippen MR) is 113 cm³/mol. The van der Waals surface area contributed by atoms with Gasteiger partial charge in [0.15, 0.2) is 0 Å². The van der Waals surface area contributed by atoms with Crippen molar-refractivity contribution in [2.45, 2.75) is 50.2 Å². The molecule has 0 bridgehead atoms. The van der Waals surface area contributed by atoms with Gasteiger partial charge in [-0.15, -0.1) is 0 Å². The smallest absolute Gasteiger partial charge is 0.251 e. The molecular formula is C20H28ClN3O5S. The first-order valence-corrected chi connectivity index (χ1v) is 12.0. The molecule has 30 heavy (non-hydrogen) atoms. The van der Waals surface area contributed by atoms with Crippen LogP contribution in [0.2, 0.25) is 5.02 Å². The van der Waals surface area contributed by atoms with Crippen LogP contribution >= 0.6 is 11.6 Å². The van der Waals surface area contributed by atoms with Gasteiger partial charge in [-0.05, 0) is 44.9 Å². The van der Waals surface area contributed by atoms with E-state index in [1.807, 2.05) is 13.8 Å². The molecule has 2 aliphatic heterocycles. The van der Waals surface area contributed by atoms with Crippen molar-refractivity contribution in [3.8, 4) is 0 Å². The highest BCUT2D eigenvalue weighted by molar-refractivity contribution is 7.89. The molecule has 10 heteroatoms. The van der Waals surface area contributed by atoms with E-state index in [0.717, 1.165) is 13.0 Å². The molecule has 0 saturated carbocycles. The molecule has 0 aromatic heterocycles. The lowest BCUT2D eigenvalue weighted by atomic mass is 10.2. The lowest BCUT2D eigenvalue weighted by Gasteiger charge is -2.34. The molecular weight excluding hydrogens is 430 g/mol. The van der Waals surface area contributed by atoms with E-state index >= 15 is 0 Å². The SMILES string of the molecule is C[C@H]1CN(S(=O)(=O)c2cc(C(=O)NCCCN3CCCC3=O)ccc2Cl)C[C@H](C)O1. The number of rotatable bonds is 7. The Morgan fingerprint density at radius 3 is 2.60 bits per heavy atom. The Morgan fingerprint density at radius 1 is 1.27 bits per heavy atom. The average molecular weight is 458 g/mol. The van der Waals surface area contributed by atoms with Crippen LogP contribution < -0.4 is 5.32 Å². The van der Waals surface area contributed by atoms with E-state index in [1.54, 1.807) is 4.90 Å². The first-order valence-electron chi connectivity index (χ1n) is 10.2. The lowest BCUT2D eigenvalue weighted by molar-refractivity contribution is -0.127. The number of sulfonamides is 1. The molecule has 0 aliphatic carbocycles. The first kappa shape index (κ1) is 23.0. The van der Waals surface area contributed by atoms with Gasteiger partial charge in [0.05, 0.1) is 17.2 Å². The fourth-order valence-corrected chi connectivity index (χ4v) is 5.91. The molecule has 0 spiro atoms. The summed E-state index contributed by atoms with van der Waals surface area (Å²) >= 11 is 6.18. The van der Waals surface area contributed by atoms with E-state index in [-0.39, 0.29) is 52.6 Å². The van der Waals surface area contributed by atoms with Gasteiger partial charge in [-0.3, -0.25) is 9.59 Å². The molecule has 1 N–H and O–H groups in total. The van der Waals surface area contributed by atoms with E-state index in [1.165, 1.54) is 22.5 Å². The Kier molecular flexibility index (Phi) is 7.38. The van der Waals surface area contributed by atoms with Gasteiger partial charge >= 0.3 is 0 Å². The van der Waals surface area contributed by atoms with Crippen molar-refractivity contribution in [1.29, 1.82) is 0 Å². The fraction of sp³-hybridized carbons (Fsp3) is 0.600. The summed E-state index contributed by atoms with van der Waals surface area (Å²) in [5.74, 6) is -0.222. The number of benzene rings is 1. The van der Waals surface area contributed by atoms with Gasteiger partial charge in [0, 0.05) is 44.7 Å². The number of ether oxygens (including phenoxy) is 1. The Bertz CT molecular complexity index is 898. The number of halogens is 1. The molecule has 2 amide bonds. The van der Waals surface area contributed by atoms with Crippen LogP contribution in [0.25, 0.3) is 0 Å². The monoisotopic (exact) mass is 457 g/mol. The Morgan fingerprint density at radius 2 is 1.97 bits per heavy atom. The number of hydrogen-bond donors (Lipinski definition) is 1. The van der Waals surface area contributed by atoms with Crippen molar-refractivity contribution in [3.05, 3.63) is 28.8 Å². The number of nitrogens with one attached hydrogen (secondary N) is 1. The maximum absolute atomic E-state index is 13.1. The minimum absolute atomic E-state index is 0.0749. The van der Waals surface area contributed by atoms with Crippen molar-refractivity contribution in [2.24, 2.45) is 0 Å². The van der Waals surface area contributed by atoms with Gasteiger partial charge < -0.3 is 15.0 Å². The van der Waals surface area contributed by atoms with Crippen LogP contribution in [0.5, 0.6) is 0 Å². The predicted octanol–water partition coefficient (Wildman–Crippen LogP) is 1.88. The topological polar surface area (TPSA) is 96.0 Å². The van der Waals surface area contributed by atoms with Crippen LogP contribution in [-0.2, 0) is 19.6 Å². The summed E-state index contributed by atoms with van der Waals surface area (Å²) in [7, 11) is -3.86. The minimum Gasteiger partial charge on any atom is -0.373 e. The Balaban J connectivity index is 1.65. The van der Waals surface area contributed by atoms with Crippen LogP contribution in [0.3, 0.4) is 0 Å². The standard InChI is InChI=1S/C20H28ClN3O5S/c1-14-12-24(13-15(2)29-14)30(27,28)18-11-16(6-7-17(18)21)20(26)22-8-4-10-23-9-3-5-19(23)25/h6-7,11,14-15H,3-5,8-10,12-13H2,1-2H3,(H,22,26)/t14-,15-/m0/s1. The molecule has 2 fully saturated rings. The highest BCUT2D eigenvalue weighted by Crippen LogP contribution is 2.28. The normalized spacial score (nSPS) is 23.0. The van der Waals surface area contributed by atoms with Crippen molar-refractivity contribution in [2.75, 3.05) is 32.7 Å². The van der Waals surface area contributed by atoms with Crippen molar-refractivity contribution >= 4 is 33.4 Å². The summed E-state index contributed by atoms with van der Waals surface area (Å²) in [6.07, 6.45) is 1.66. The molecule has 0 unspecified atom stereocenters. The van der Waals surface area contributed by atoms with E-state index in [9.17, 15) is 18.0 Å². The van der Waals surface area contributed by atoms with E-state index in [0.29, 0.717) is 25.9 Å². The van der Waals surface area contributed by atoms with Crippen LogP contribution in [0, 0.1) is 0 Å². The summed E-state index contributed by atoms with van der Waals surface area (Å²) < 4.78 is 33.2. The number of carbonyl (C=O) groups excluding carboxylic acids is 2. The van der Waals surface area contributed by atoms with E-state index < -0.39 is 10.0 Å². The zero-order valence-electron chi connectivity index (χ0n) is 17.3. The highest BCUT2D eigenvalue weighted by Gasteiger charge is 2.33. The maximum atomic E-state index is 13.1. The first-order chi connectivity index (χ1) is 14.2. The van der Waals surface area contributed by atoms with E-state index in [4.69, 9.17) is 16.3 Å². The van der Waals surface area contributed by atoms with Crippen molar-refractivity contribution in [1.82, 2.24) is 14.5 Å². The molecule has 2 aliphatic rings. The van der Waals surface area contributed by atoms with Crippen molar-refractivity contribution < 1.29 is 22.7 Å². The largest absolute Gasteiger partial charge is 0.373 e. The second kappa shape index (κ2) is 9.64. The van der Waals surface area contributed by atoms with Crippen LogP contribution in [0.15, 0.2) is 23.1 Å². The van der Waals surface area contributed by atoms with Gasteiger partial charge in [-0.25, -0.2) is 8.42 Å². The second-order valence-corrected chi connectivity index (χ2v) is 10.1. The number of hydrogen-bond acceptors (Lipinski definition) is 5.